The molecule has 1 nitrogen and oxygen atoms in total. The van der Waals surface area contributed by atoms with Crippen LogP contribution < -0.4 is 5.73 Å². The largest absolute Gasteiger partial charge is 0.398 e. The van der Waals surface area contributed by atoms with Gasteiger partial charge in [0.25, 0.3) is 0 Å². The molecular formula is C8H6BrNS. The van der Waals surface area contributed by atoms with Crippen molar-refractivity contribution in [3.05, 3.63) is 28.1 Å². The lowest BCUT2D eigenvalue weighted by Gasteiger charge is -1.91. The monoisotopic (exact) mass is 227 g/mol. The van der Waals surface area contributed by atoms with Gasteiger partial charge in [-0.2, -0.15) is 0 Å². The minimum atomic E-state index is 0.873. The first kappa shape index (κ1) is 7.13. The second-order valence-electron chi connectivity index (χ2n) is 2.33. The van der Waals surface area contributed by atoms with Gasteiger partial charge in [0.15, 0.2) is 0 Å². The Morgan fingerprint density at radius 2 is 2.18 bits per heavy atom. The zero-order valence-electron chi connectivity index (χ0n) is 5.67. The third-order valence-corrected chi connectivity index (χ3v) is 3.02. The standard InChI is InChI=1S/C8H6BrNS/c9-5-1-2-6-7(10)4-11-8(6)3-5/h1-4H,10H2. The van der Waals surface area contributed by atoms with Crippen LogP contribution in [0.2, 0.25) is 0 Å². The number of halogens is 1. The molecule has 0 unspecified atom stereocenters. The molecule has 1 heterocycles. The number of nitrogen functional groups attached to an aromatic ring is 1. The minimum absolute atomic E-state index is 0.873. The molecule has 3 heteroatoms. The fourth-order valence-electron chi connectivity index (χ4n) is 1.02. The van der Waals surface area contributed by atoms with Crippen molar-refractivity contribution < 1.29 is 0 Å². The van der Waals surface area contributed by atoms with Gasteiger partial charge in [0.05, 0.1) is 5.69 Å². The van der Waals surface area contributed by atoms with Crippen molar-refractivity contribution in [2.24, 2.45) is 0 Å². The highest BCUT2D eigenvalue weighted by molar-refractivity contribution is 9.10. The highest BCUT2D eigenvalue weighted by Crippen LogP contribution is 2.29. The summed E-state index contributed by atoms with van der Waals surface area (Å²) in [5.74, 6) is 0. The van der Waals surface area contributed by atoms with E-state index in [2.05, 4.69) is 22.0 Å². The van der Waals surface area contributed by atoms with Crippen molar-refractivity contribution in [1.29, 1.82) is 0 Å². The summed E-state index contributed by atoms with van der Waals surface area (Å²) in [5, 5.41) is 3.12. The van der Waals surface area contributed by atoms with E-state index >= 15 is 0 Å². The van der Waals surface area contributed by atoms with Crippen LogP contribution in [-0.2, 0) is 0 Å². The highest BCUT2D eigenvalue weighted by Gasteiger charge is 1.99. The molecule has 0 aliphatic heterocycles. The number of anilines is 1. The Hall–Kier alpha value is -0.540. The lowest BCUT2D eigenvalue weighted by molar-refractivity contribution is 1.76. The average molecular weight is 228 g/mol. The van der Waals surface area contributed by atoms with E-state index in [4.69, 9.17) is 5.73 Å². The fraction of sp³-hybridized carbons (Fsp3) is 0. The second-order valence-corrected chi connectivity index (χ2v) is 4.16. The molecule has 0 amide bonds. The molecule has 1 aromatic carbocycles. The maximum atomic E-state index is 5.72. The van der Waals surface area contributed by atoms with Crippen molar-refractivity contribution in [2.75, 3.05) is 5.73 Å². The lowest BCUT2D eigenvalue weighted by Crippen LogP contribution is -1.78. The molecule has 0 radical (unpaired) electrons. The number of thiophene rings is 1. The summed E-state index contributed by atoms with van der Waals surface area (Å²) in [4.78, 5) is 0. The zero-order chi connectivity index (χ0) is 7.84. The first-order valence-corrected chi connectivity index (χ1v) is 4.87. The maximum absolute atomic E-state index is 5.72. The third-order valence-electron chi connectivity index (χ3n) is 1.57. The Morgan fingerprint density at radius 3 is 3.00 bits per heavy atom. The van der Waals surface area contributed by atoms with Gasteiger partial charge in [-0.3, -0.25) is 0 Å². The Balaban J connectivity index is 2.86. The Morgan fingerprint density at radius 1 is 1.36 bits per heavy atom. The lowest BCUT2D eigenvalue weighted by atomic mass is 10.2. The van der Waals surface area contributed by atoms with E-state index in [1.54, 1.807) is 11.3 Å². The molecule has 11 heavy (non-hydrogen) atoms. The Bertz CT molecular complexity index is 394. The molecule has 0 fully saturated rings. The molecule has 1 aromatic heterocycles. The molecule has 0 aliphatic carbocycles. The maximum Gasteiger partial charge on any atom is 0.0502 e. The molecule has 0 bridgehead atoms. The van der Waals surface area contributed by atoms with Gasteiger partial charge in [0, 0.05) is 19.9 Å². The first-order valence-electron chi connectivity index (χ1n) is 3.19. The third kappa shape index (κ3) is 1.14. The summed E-state index contributed by atoms with van der Waals surface area (Å²) in [6.07, 6.45) is 0. The van der Waals surface area contributed by atoms with Gasteiger partial charge in [-0.05, 0) is 12.1 Å². The number of hydrogen-bond donors (Lipinski definition) is 1. The average Bonchev–Trinajstić information content (AvgIpc) is 2.32. The number of hydrogen-bond acceptors (Lipinski definition) is 2. The Labute approximate surface area is 77.0 Å². The molecule has 2 N–H and O–H groups in total. The molecule has 0 saturated carbocycles. The summed E-state index contributed by atoms with van der Waals surface area (Å²) in [6, 6.07) is 6.12. The van der Waals surface area contributed by atoms with E-state index in [1.165, 1.54) is 4.70 Å². The van der Waals surface area contributed by atoms with Crippen LogP contribution in [0.5, 0.6) is 0 Å². The zero-order valence-corrected chi connectivity index (χ0v) is 8.08. The van der Waals surface area contributed by atoms with Crippen molar-refractivity contribution in [2.45, 2.75) is 0 Å². The SMILES string of the molecule is Nc1csc2cc(Br)ccc12. The summed E-state index contributed by atoms with van der Waals surface area (Å²) >= 11 is 5.08. The fourth-order valence-corrected chi connectivity index (χ4v) is 2.42. The number of benzene rings is 1. The van der Waals surface area contributed by atoms with E-state index in [1.807, 2.05) is 17.5 Å². The summed E-state index contributed by atoms with van der Waals surface area (Å²) in [5.41, 5.74) is 6.59. The van der Waals surface area contributed by atoms with Gasteiger partial charge in [-0.1, -0.05) is 22.0 Å². The van der Waals surface area contributed by atoms with Crippen LogP contribution in [-0.4, -0.2) is 0 Å². The second kappa shape index (κ2) is 2.50. The van der Waals surface area contributed by atoms with Gasteiger partial charge in [-0.15, -0.1) is 11.3 Å². The molecule has 2 rings (SSSR count). The minimum Gasteiger partial charge on any atom is -0.398 e. The molecule has 0 atom stereocenters. The molecular weight excluding hydrogens is 222 g/mol. The summed E-state index contributed by atoms with van der Waals surface area (Å²) in [7, 11) is 0. The predicted molar refractivity (Wildman–Crippen MR) is 53.9 cm³/mol. The Kier molecular flexibility index (Phi) is 1.62. The number of fused-ring (bicyclic) bond motifs is 1. The van der Waals surface area contributed by atoms with E-state index in [0.717, 1.165) is 15.5 Å². The van der Waals surface area contributed by atoms with Crippen LogP contribution in [0.25, 0.3) is 10.1 Å². The van der Waals surface area contributed by atoms with E-state index < -0.39 is 0 Å². The molecule has 0 spiro atoms. The smallest absolute Gasteiger partial charge is 0.0502 e. The topological polar surface area (TPSA) is 26.0 Å². The quantitative estimate of drug-likeness (QED) is 0.735. The summed E-state index contributed by atoms with van der Waals surface area (Å²) in [6.45, 7) is 0. The van der Waals surface area contributed by atoms with Gasteiger partial charge in [-0.25, -0.2) is 0 Å². The van der Waals surface area contributed by atoms with Crippen molar-refractivity contribution in [3.8, 4) is 0 Å². The molecule has 0 aliphatic rings. The van der Waals surface area contributed by atoms with Crippen molar-refractivity contribution in [3.63, 3.8) is 0 Å². The molecule has 56 valence electrons. The van der Waals surface area contributed by atoms with E-state index in [9.17, 15) is 0 Å². The van der Waals surface area contributed by atoms with Gasteiger partial charge in [0.2, 0.25) is 0 Å². The predicted octanol–water partition coefficient (Wildman–Crippen LogP) is 3.25. The summed E-state index contributed by atoms with van der Waals surface area (Å²) < 4.78 is 2.34. The van der Waals surface area contributed by atoms with Crippen LogP contribution in [0.4, 0.5) is 5.69 Å². The highest BCUT2D eigenvalue weighted by atomic mass is 79.9. The van der Waals surface area contributed by atoms with Crippen molar-refractivity contribution in [1.82, 2.24) is 0 Å². The van der Waals surface area contributed by atoms with Crippen LogP contribution in [0, 0.1) is 0 Å². The number of rotatable bonds is 0. The van der Waals surface area contributed by atoms with Crippen LogP contribution >= 0.6 is 27.3 Å². The van der Waals surface area contributed by atoms with Crippen LogP contribution in [0.15, 0.2) is 28.1 Å². The number of nitrogens with two attached hydrogens (primary N) is 1. The van der Waals surface area contributed by atoms with Crippen LogP contribution in [0.3, 0.4) is 0 Å². The van der Waals surface area contributed by atoms with Gasteiger partial charge >= 0.3 is 0 Å². The van der Waals surface area contributed by atoms with Gasteiger partial charge < -0.3 is 5.73 Å². The van der Waals surface area contributed by atoms with Crippen molar-refractivity contribution >= 4 is 43.0 Å². The molecule has 2 aromatic rings. The normalized spacial score (nSPS) is 10.6. The van der Waals surface area contributed by atoms with E-state index in [-0.39, 0.29) is 0 Å². The molecule has 0 saturated heterocycles. The van der Waals surface area contributed by atoms with Gasteiger partial charge in [0.1, 0.15) is 0 Å². The first-order chi connectivity index (χ1) is 5.27. The van der Waals surface area contributed by atoms with E-state index in [0.29, 0.717) is 0 Å². The van der Waals surface area contributed by atoms with Crippen LogP contribution in [0.1, 0.15) is 0 Å².